The number of nitrogens with one attached hydrogen (secondary N) is 1. The highest BCUT2D eigenvalue weighted by Gasteiger charge is 2.26. The zero-order valence-corrected chi connectivity index (χ0v) is 12.7. The molecule has 0 heterocycles. The van der Waals surface area contributed by atoms with E-state index in [1.165, 1.54) is 6.07 Å². The Balaban J connectivity index is 2.77. The highest BCUT2D eigenvalue weighted by atomic mass is 35.5. The second-order valence-electron chi connectivity index (χ2n) is 4.67. The average molecular weight is 304 g/mol. The molecule has 3 nitrogen and oxygen atoms in total. The topological polar surface area (TPSA) is 49.3 Å². The molecule has 0 radical (unpaired) electrons. The molecule has 0 aliphatic heterocycles. The molecular weight excluding hydrogens is 285 g/mol. The predicted molar refractivity (Wildman–Crippen MR) is 78.9 cm³/mol. The standard InChI is InChI=1S/C14H19Cl2NO2/c1-3-14(4-2,9-18)8-17-13(19)11-7-10(15)5-6-12(11)16/h5-7,18H,3-4,8-9H2,1-2H3,(H,17,19). The van der Waals surface area contributed by atoms with Crippen LogP contribution in [0.25, 0.3) is 0 Å². The fourth-order valence-electron chi connectivity index (χ4n) is 1.81. The smallest absolute Gasteiger partial charge is 0.252 e. The van der Waals surface area contributed by atoms with Crippen molar-refractivity contribution < 1.29 is 9.90 Å². The van der Waals surface area contributed by atoms with E-state index in [1.807, 2.05) is 13.8 Å². The molecule has 0 unspecified atom stereocenters. The van der Waals surface area contributed by atoms with Crippen LogP contribution in [0.2, 0.25) is 10.0 Å². The molecule has 0 spiro atoms. The summed E-state index contributed by atoms with van der Waals surface area (Å²) in [6, 6.07) is 4.77. The van der Waals surface area contributed by atoms with Gasteiger partial charge in [-0.15, -0.1) is 0 Å². The highest BCUT2D eigenvalue weighted by molar-refractivity contribution is 6.35. The molecule has 0 saturated carbocycles. The molecule has 1 aromatic rings. The fourth-order valence-corrected chi connectivity index (χ4v) is 2.19. The number of amides is 1. The summed E-state index contributed by atoms with van der Waals surface area (Å²) in [6.07, 6.45) is 1.59. The number of aliphatic hydroxyl groups is 1. The summed E-state index contributed by atoms with van der Waals surface area (Å²) in [5.74, 6) is -0.271. The summed E-state index contributed by atoms with van der Waals surface area (Å²) in [5.41, 5.74) is 0.0778. The molecule has 0 fully saturated rings. The van der Waals surface area contributed by atoms with Gasteiger partial charge in [-0.1, -0.05) is 37.0 Å². The third-order valence-corrected chi connectivity index (χ3v) is 4.20. The number of hydrogen-bond donors (Lipinski definition) is 2. The van der Waals surface area contributed by atoms with Crippen LogP contribution < -0.4 is 5.32 Å². The van der Waals surface area contributed by atoms with Crippen LogP contribution in [-0.4, -0.2) is 24.2 Å². The first-order valence-electron chi connectivity index (χ1n) is 6.32. The summed E-state index contributed by atoms with van der Waals surface area (Å²) in [6.45, 7) is 4.46. The Morgan fingerprint density at radius 3 is 2.47 bits per heavy atom. The second kappa shape index (κ2) is 7.13. The van der Waals surface area contributed by atoms with Crippen LogP contribution in [0.4, 0.5) is 0 Å². The van der Waals surface area contributed by atoms with Crippen LogP contribution in [0, 0.1) is 5.41 Å². The zero-order chi connectivity index (χ0) is 14.5. The van der Waals surface area contributed by atoms with E-state index < -0.39 is 0 Å². The summed E-state index contributed by atoms with van der Waals surface area (Å²) < 4.78 is 0. The zero-order valence-electron chi connectivity index (χ0n) is 11.2. The molecule has 5 heteroatoms. The molecule has 106 valence electrons. The lowest BCUT2D eigenvalue weighted by Crippen LogP contribution is -2.39. The van der Waals surface area contributed by atoms with Crippen LogP contribution in [0.15, 0.2) is 18.2 Å². The van der Waals surface area contributed by atoms with Gasteiger partial charge in [-0.3, -0.25) is 4.79 Å². The summed E-state index contributed by atoms with van der Waals surface area (Å²) in [5, 5.41) is 13.1. The average Bonchev–Trinajstić information content (AvgIpc) is 2.43. The largest absolute Gasteiger partial charge is 0.396 e. The SMILES string of the molecule is CCC(CC)(CO)CNC(=O)c1cc(Cl)ccc1Cl. The molecule has 1 amide bonds. The van der Waals surface area contributed by atoms with E-state index in [0.29, 0.717) is 22.2 Å². The molecule has 0 aromatic heterocycles. The van der Waals surface area contributed by atoms with E-state index in [1.54, 1.807) is 12.1 Å². The molecule has 2 N–H and O–H groups in total. The third-order valence-electron chi connectivity index (χ3n) is 3.63. The Hall–Kier alpha value is -0.770. The first-order valence-corrected chi connectivity index (χ1v) is 7.07. The lowest BCUT2D eigenvalue weighted by Gasteiger charge is -2.29. The van der Waals surface area contributed by atoms with Gasteiger partial charge in [0.15, 0.2) is 0 Å². The molecule has 19 heavy (non-hydrogen) atoms. The normalized spacial score (nSPS) is 11.4. The van der Waals surface area contributed by atoms with Gasteiger partial charge < -0.3 is 10.4 Å². The van der Waals surface area contributed by atoms with Crippen molar-refractivity contribution in [3.8, 4) is 0 Å². The van der Waals surface area contributed by atoms with Gasteiger partial charge in [0.1, 0.15) is 0 Å². The van der Waals surface area contributed by atoms with Crippen LogP contribution in [0.5, 0.6) is 0 Å². The van der Waals surface area contributed by atoms with Gasteiger partial charge in [-0.05, 0) is 31.0 Å². The van der Waals surface area contributed by atoms with Crippen molar-refractivity contribution in [2.45, 2.75) is 26.7 Å². The molecule has 0 aliphatic rings. The molecular formula is C14H19Cl2NO2. The Morgan fingerprint density at radius 1 is 1.32 bits per heavy atom. The van der Waals surface area contributed by atoms with E-state index in [4.69, 9.17) is 23.2 Å². The van der Waals surface area contributed by atoms with Crippen molar-refractivity contribution in [3.63, 3.8) is 0 Å². The third kappa shape index (κ3) is 4.10. The number of benzene rings is 1. The van der Waals surface area contributed by atoms with Crippen molar-refractivity contribution in [1.82, 2.24) is 5.32 Å². The number of carbonyl (C=O) groups is 1. The summed E-state index contributed by atoms with van der Waals surface area (Å²) >= 11 is 11.8. The van der Waals surface area contributed by atoms with E-state index in [0.717, 1.165) is 12.8 Å². The van der Waals surface area contributed by atoms with Crippen molar-refractivity contribution in [2.24, 2.45) is 5.41 Å². The first-order chi connectivity index (χ1) is 8.98. The van der Waals surface area contributed by atoms with E-state index in [9.17, 15) is 9.90 Å². The fraction of sp³-hybridized carbons (Fsp3) is 0.500. The Labute approximate surface area is 123 Å². The van der Waals surface area contributed by atoms with Crippen LogP contribution >= 0.6 is 23.2 Å². The van der Waals surface area contributed by atoms with Gasteiger partial charge in [0, 0.05) is 17.0 Å². The second-order valence-corrected chi connectivity index (χ2v) is 5.52. The maximum Gasteiger partial charge on any atom is 0.252 e. The quantitative estimate of drug-likeness (QED) is 0.845. The Bertz CT molecular complexity index is 437. The van der Waals surface area contributed by atoms with Crippen molar-refractivity contribution in [2.75, 3.05) is 13.2 Å². The molecule has 0 bridgehead atoms. The van der Waals surface area contributed by atoms with Crippen molar-refractivity contribution >= 4 is 29.1 Å². The molecule has 1 aromatic carbocycles. The van der Waals surface area contributed by atoms with Crippen LogP contribution in [0.1, 0.15) is 37.0 Å². The van der Waals surface area contributed by atoms with Gasteiger partial charge >= 0.3 is 0 Å². The summed E-state index contributed by atoms with van der Waals surface area (Å²) in [7, 11) is 0. The van der Waals surface area contributed by atoms with E-state index in [2.05, 4.69) is 5.32 Å². The number of carbonyl (C=O) groups excluding carboxylic acids is 1. The van der Waals surface area contributed by atoms with Gasteiger partial charge in [-0.25, -0.2) is 0 Å². The van der Waals surface area contributed by atoms with Gasteiger partial charge in [0.05, 0.1) is 17.2 Å². The van der Waals surface area contributed by atoms with E-state index in [-0.39, 0.29) is 17.9 Å². The van der Waals surface area contributed by atoms with Crippen molar-refractivity contribution in [1.29, 1.82) is 0 Å². The first kappa shape index (κ1) is 16.3. The van der Waals surface area contributed by atoms with Gasteiger partial charge in [0.2, 0.25) is 0 Å². The molecule has 1 rings (SSSR count). The highest BCUT2D eigenvalue weighted by Crippen LogP contribution is 2.25. The maximum atomic E-state index is 12.1. The lowest BCUT2D eigenvalue weighted by atomic mass is 9.83. The monoisotopic (exact) mass is 303 g/mol. The number of halogens is 2. The number of aliphatic hydroxyl groups excluding tert-OH is 1. The summed E-state index contributed by atoms with van der Waals surface area (Å²) in [4.78, 5) is 12.1. The maximum absolute atomic E-state index is 12.1. The minimum atomic E-state index is -0.277. The van der Waals surface area contributed by atoms with Gasteiger partial charge in [-0.2, -0.15) is 0 Å². The Kier molecular flexibility index (Phi) is 6.11. The molecule has 0 saturated heterocycles. The van der Waals surface area contributed by atoms with E-state index >= 15 is 0 Å². The number of rotatable bonds is 6. The lowest BCUT2D eigenvalue weighted by molar-refractivity contribution is 0.0851. The molecule has 0 atom stereocenters. The van der Waals surface area contributed by atoms with Gasteiger partial charge in [0.25, 0.3) is 5.91 Å². The minimum Gasteiger partial charge on any atom is -0.396 e. The number of hydrogen-bond acceptors (Lipinski definition) is 2. The van der Waals surface area contributed by atoms with Crippen molar-refractivity contribution in [3.05, 3.63) is 33.8 Å². The minimum absolute atomic E-state index is 0.0452. The predicted octanol–water partition coefficient (Wildman–Crippen LogP) is 3.52. The molecule has 0 aliphatic carbocycles. The van der Waals surface area contributed by atoms with Crippen LogP contribution in [0.3, 0.4) is 0 Å². The van der Waals surface area contributed by atoms with Crippen LogP contribution in [-0.2, 0) is 0 Å². The Morgan fingerprint density at radius 2 is 1.95 bits per heavy atom.